The zero-order chi connectivity index (χ0) is 26.5. The summed E-state index contributed by atoms with van der Waals surface area (Å²) in [6, 6.07) is 23.4. The molecule has 0 saturated carbocycles. The molecule has 3 aromatic carbocycles. The fourth-order valence-corrected chi connectivity index (χ4v) is 5.51. The number of thiocarbonyl (C=S) groups is 1. The van der Waals surface area contributed by atoms with Crippen LogP contribution in [0.1, 0.15) is 29.2 Å². The van der Waals surface area contributed by atoms with E-state index < -0.39 is 18.4 Å². The molecule has 0 radical (unpaired) electrons. The first-order valence-electron chi connectivity index (χ1n) is 12.1. The van der Waals surface area contributed by atoms with E-state index in [9.17, 15) is 9.59 Å². The lowest BCUT2D eigenvalue weighted by molar-refractivity contribution is -0.140. The summed E-state index contributed by atoms with van der Waals surface area (Å²) in [6.45, 7) is 0.545. The van der Waals surface area contributed by atoms with E-state index in [0.717, 1.165) is 34.4 Å². The van der Waals surface area contributed by atoms with Crippen LogP contribution in [0.2, 0.25) is 0 Å². The SMILES string of the molecule is O=C(O)CN1C(=O)C(=Cc2ccc(OCCc3ccccc3)c(OC3CCOc4ccccc43)c2)SC1=S. The van der Waals surface area contributed by atoms with E-state index in [2.05, 4.69) is 12.1 Å². The Morgan fingerprint density at radius 3 is 2.71 bits per heavy atom. The van der Waals surface area contributed by atoms with Gasteiger partial charge in [-0.1, -0.05) is 78.6 Å². The number of hydrogen-bond acceptors (Lipinski definition) is 7. The van der Waals surface area contributed by atoms with Gasteiger partial charge in [-0.05, 0) is 35.4 Å². The summed E-state index contributed by atoms with van der Waals surface area (Å²) in [6.07, 6.45) is 2.90. The number of amides is 1. The lowest BCUT2D eigenvalue weighted by atomic mass is 10.0. The molecule has 2 heterocycles. The van der Waals surface area contributed by atoms with Crippen LogP contribution in [0.25, 0.3) is 6.08 Å². The second-order valence-electron chi connectivity index (χ2n) is 8.73. The molecule has 38 heavy (non-hydrogen) atoms. The van der Waals surface area contributed by atoms with Crippen molar-refractivity contribution in [2.45, 2.75) is 18.9 Å². The zero-order valence-electron chi connectivity index (χ0n) is 20.4. The van der Waals surface area contributed by atoms with E-state index in [0.29, 0.717) is 41.6 Å². The lowest BCUT2D eigenvalue weighted by Gasteiger charge is -2.27. The largest absolute Gasteiger partial charge is 0.493 e. The number of carboxylic acids is 1. The third-order valence-electron chi connectivity index (χ3n) is 6.10. The van der Waals surface area contributed by atoms with E-state index >= 15 is 0 Å². The minimum Gasteiger partial charge on any atom is -0.493 e. The Bertz CT molecular complexity index is 1390. The van der Waals surface area contributed by atoms with Crippen LogP contribution in [0, 0.1) is 0 Å². The quantitative estimate of drug-likeness (QED) is 0.278. The Kier molecular flexibility index (Phi) is 7.95. The van der Waals surface area contributed by atoms with Crippen LogP contribution in [0.5, 0.6) is 17.2 Å². The van der Waals surface area contributed by atoms with Gasteiger partial charge in [-0.2, -0.15) is 0 Å². The third kappa shape index (κ3) is 6.00. The first-order chi connectivity index (χ1) is 18.5. The normalized spacial score (nSPS) is 17.7. The molecule has 5 rings (SSSR count). The van der Waals surface area contributed by atoms with Gasteiger partial charge >= 0.3 is 5.97 Å². The minimum atomic E-state index is -1.12. The van der Waals surface area contributed by atoms with Crippen molar-refractivity contribution < 1.29 is 28.9 Å². The third-order valence-corrected chi connectivity index (χ3v) is 7.47. The molecule has 0 spiro atoms. The molecule has 3 aromatic rings. The van der Waals surface area contributed by atoms with Crippen LogP contribution < -0.4 is 14.2 Å². The van der Waals surface area contributed by atoms with Crippen molar-refractivity contribution in [3.05, 3.63) is 94.4 Å². The first kappa shape index (κ1) is 25.8. The number of ether oxygens (including phenoxy) is 3. The summed E-state index contributed by atoms with van der Waals surface area (Å²) in [5.74, 6) is 0.405. The second-order valence-corrected chi connectivity index (χ2v) is 10.4. The summed E-state index contributed by atoms with van der Waals surface area (Å²) in [7, 11) is 0. The summed E-state index contributed by atoms with van der Waals surface area (Å²) in [4.78, 5) is 25.3. The summed E-state index contributed by atoms with van der Waals surface area (Å²) >= 11 is 6.30. The van der Waals surface area contributed by atoms with Gasteiger partial charge in [-0.25, -0.2) is 0 Å². The highest BCUT2D eigenvalue weighted by molar-refractivity contribution is 8.26. The number of nitrogens with zero attached hydrogens (tertiary/aromatic N) is 1. The van der Waals surface area contributed by atoms with Gasteiger partial charge in [0.1, 0.15) is 22.7 Å². The molecule has 7 nitrogen and oxygen atoms in total. The molecular weight excluding hydrogens is 522 g/mol. The number of benzene rings is 3. The highest BCUT2D eigenvalue weighted by atomic mass is 32.2. The second kappa shape index (κ2) is 11.7. The number of rotatable bonds is 9. The molecule has 0 aliphatic carbocycles. The van der Waals surface area contributed by atoms with Gasteiger partial charge in [-0.3, -0.25) is 14.5 Å². The molecule has 2 aliphatic heterocycles. The van der Waals surface area contributed by atoms with E-state index in [1.54, 1.807) is 6.08 Å². The van der Waals surface area contributed by atoms with Gasteiger partial charge in [0.2, 0.25) is 0 Å². The van der Waals surface area contributed by atoms with Gasteiger partial charge in [0.05, 0.1) is 18.1 Å². The van der Waals surface area contributed by atoms with Gasteiger partial charge < -0.3 is 19.3 Å². The molecule has 1 saturated heterocycles. The maximum absolute atomic E-state index is 12.8. The maximum Gasteiger partial charge on any atom is 0.323 e. The van der Waals surface area contributed by atoms with Gasteiger partial charge in [0.15, 0.2) is 11.5 Å². The Balaban J connectivity index is 1.41. The lowest BCUT2D eigenvalue weighted by Crippen LogP contribution is -2.33. The predicted molar refractivity (Wildman–Crippen MR) is 150 cm³/mol. The van der Waals surface area contributed by atoms with Gasteiger partial charge in [0, 0.05) is 18.4 Å². The average Bonchev–Trinajstić information content (AvgIpc) is 3.17. The number of hydrogen-bond donors (Lipinski definition) is 1. The van der Waals surface area contributed by atoms with Crippen molar-refractivity contribution in [2.24, 2.45) is 0 Å². The zero-order valence-corrected chi connectivity index (χ0v) is 22.0. The standard InChI is InChI=1S/C29H25NO6S2/c31-27(32)18-30-28(33)26(38-29(30)37)17-20-10-11-24(35-14-12-19-6-2-1-3-7-19)25(16-20)36-23-13-15-34-22-9-5-4-8-21(22)23/h1-11,16-17,23H,12-15,18H2,(H,31,32). The van der Waals surface area contributed by atoms with Gasteiger partial charge in [-0.15, -0.1) is 0 Å². The van der Waals surface area contributed by atoms with E-state index in [1.165, 1.54) is 5.56 Å². The first-order valence-corrected chi connectivity index (χ1v) is 13.4. The van der Waals surface area contributed by atoms with Gasteiger partial charge in [0.25, 0.3) is 5.91 Å². The fraction of sp³-hybridized carbons (Fsp3) is 0.207. The Morgan fingerprint density at radius 1 is 1.11 bits per heavy atom. The Labute approximate surface area is 230 Å². The van der Waals surface area contributed by atoms with Crippen LogP contribution in [-0.4, -0.2) is 46.0 Å². The van der Waals surface area contributed by atoms with Crippen molar-refractivity contribution in [3.63, 3.8) is 0 Å². The molecule has 194 valence electrons. The highest BCUT2D eigenvalue weighted by Gasteiger charge is 2.33. The molecule has 0 bridgehead atoms. The van der Waals surface area contributed by atoms with Crippen LogP contribution in [0.3, 0.4) is 0 Å². The monoisotopic (exact) mass is 547 g/mol. The summed E-state index contributed by atoms with van der Waals surface area (Å²) < 4.78 is 18.7. The fourth-order valence-electron chi connectivity index (χ4n) is 4.26. The van der Waals surface area contributed by atoms with Crippen LogP contribution >= 0.6 is 24.0 Å². The molecule has 1 N–H and O–H groups in total. The van der Waals surface area contributed by atoms with Crippen LogP contribution in [0.4, 0.5) is 0 Å². The molecule has 1 fully saturated rings. The van der Waals surface area contributed by atoms with Crippen molar-refractivity contribution >= 4 is 46.3 Å². The number of carbonyl (C=O) groups excluding carboxylic acids is 1. The smallest absolute Gasteiger partial charge is 0.323 e. The Morgan fingerprint density at radius 2 is 1.89 bits per heavy atom. The van der Waals surface area contributed by atoms with E-state index in [1.807, 2.05) is 60.7 Å². The number of thioether (sulfide) groups is 1. The van der Waals surface area contributed by atoms with E-state index in [4.69, 9.17) is 31.5 Å². The number of carboxylic acid groups (broad SMARTS) is 1. The molecule has 2 aliphatic rings. The van der Waals surface area contributed by atoms with Crippen molar-refractivity contribution in [3.8, 4) is 17.2 Å². The number of fused-ring (bicyclic) bond motifs is 1. The van der Waals surface area contributed by atoms with Crippen molar-refractivity contribution in [1.82, 2.24) is 4.90 Å². The van der Waals surface area contributed by atoms with Crippen molar-refractivity contribution in [2.75, 3.05) is 19.8 Å². The average molecular weight is 548 g/mol. The molecule has 9 heteroatoms. The number of aliphatic carboxylic acids is 1. The predicted octanol–water partition coefficient (Wildman–Crippen LogP) is 5.50. The minimum absolute atomic E-state index is 0.222. The van der Waals surface area contributed by atoms with Crippen molar-refractivity contribution in [1.29, 1.82) is 0 Å². The van der Waals surface area contributed by atoms with Crippen LogP contribution in [0.15, 0.2) is 77.7 Å². The number of carbonyl (C=O) groups is 2. The molecule has 1 atom stereocenters. The molecule has 0 aromatic heterocycles. The molecular formula is C29H25NO6S2. The summed E-state index contributed by atoms with van der Waals surface area (Å²) in [5.41, 5.74) is 2.86. The van der Waals surface area contributed by atoms with Crippen LogP contribution in [-0.2, 0) is 16.0 Å². The number of para-hydroxylation sites is 1. The highest BCUT2D eigenvalue weighted by Crippen LogP contribution is 2.40. The molecule has 1 amide bonds. The maximum atomic E-state index is 12.8. The Hall–Kier alpha value is -3.82. The molecule has 1 unspecified atom stereocenters. The van der Waals surface area contributed by atoms with E-state index in [-0.39, 0.29) is 10.4 Å². The topological polar surface area (TPSA) is 85.3 Å². The summed E-state index contributed by atoms with van der Waals surface area (Å²) in [5, 5.41) is 9.10.